The van der Waals surface area contributed by atoms with Crippen molar-refractivity contribution in [3.8, 4) is 0 Å². The Hall–Kier alpha value is -2.77. The number of hydrogen-bond donors (Lipinski definition) is 2. The van der Waals surface area contributed by atoms with Gasteiger partial charge in [-0.05, 0) is 54.4 Å². The van der Waals surface area contributed by atoms with Crippen LogP contribution in [0.15, 0.2) is 53.9 Å². The fraction of sp³-hybridized carbons (Fsp3) is 0.273. The van der Waals surface area contributed by atoms with Crippen LogP contribution < -0.4 is 4.72 Å². The Labute approximate surface area is 170 Å². The van der Waals surface area contributed by atoms with E-state index >= 15 is 0 Å². The number of nitrogens with one attached hydrogen (secondary N) is 1. The van der Waals surface area contributed by atoms with Crippen LogP contribution in [0.3, 0.4) is 0 Å². The molecule has 2 aromatic rings. The second-order valence-corrected chi connectivity index (χ2v) is 8.69. The molecule has 2 aromatic carbocycles. The first-order chi connectivity index (χ1) is 13.9. The summed E-state index contributed by atoms with van der Waals surface area (Å²) in [7, 11) is -3.55. The minimum Gasteiger partial charge on any atom is -0.475 e. The molecule has 0 aliphatic heterocycles. The SMILES string of the molecule is O=C(O)C(=O)c1cccc2c1CCCC2CCNS(=O)(=O)C=Cc1ccccc1. The lowest BCUT2D eigenvalue weighted by Gasteiger charge is -2.27. The van der Waals surface area contributed by atoms with Crippen LogP contribution in [0.5, 0.6) is 0 Å². The van der Waals surface area contributed by atoms with E-state index in [-0.39, 0.29) is 18.0 Å². The number of aliphatic carboxylic acids is 1. The zero-order valence-electron chi connectivity index (χ0n) is 15.9. The van der Waals surface area contributed by atoms with Crippen molar-refractivity contribution in [1.82, 2.24) is 4.72 Å². The van der Waals surface area contributed by atoms with Gasteiger partial charge in [0.15, 0.2) is 0 Å². The van der Waals surface area contributed by atoms with E-state index in [9.17, 15) is 18.0 Å². The molecule has 6 nitrogen and oxygen atoms in total. The highest BCUT2D eigenvalue weighted by Gasteiger charge is 2.26. The topological polar surface area (TPSA) is 101 Å². The molecule has 0 aromatic heterocycles. The molecule has 0 amide bonds. The summed E-state index contributed by atoms with van der Waals surface area (Å²) < 4.78 is 27.0. The summed E-state index contributed by atoms with van der Waals surface area (Å²) in [5.74, 6) is -2.27. The Morgan fingerprint density at radius 1 is 1.10 bits per heavy atom. The number of carboxylic acid groups (broad SMARTS) is 1. The van der Waals surface area contributed by atoms with Gasteiger partial charge in [0.1, 0.15) is 0 Å². The highest BCUT2D eigenvalue weighted by molar-refractivity contribution is 7.92. The fourth-order valence-electron chi connectivity index (χ4n) is 3.73. The third-order valence-electron chi connectivity index (χ3n) is 5.11. The number of benzene rings is 2. The van der Waals surface area contributed by atoms with Gasteiger partial charge in [0.25, 0.3) is 5.78 Å². The summed E-state index contributed by atoms with van der Waals surface area (Å²) in [5.41, 5.74) is 2.77. The third kappa shape index (κ3) is 5.40. The molecule has 0 saturated carbocycles. The molecule has 0 bridgehead atoms. The van der Waals surface area contributed by atoms with Gasteiger partial charge in [-0.1, -0.05) is 48.5 Å². The summed E-state index contributed by atoms with van der Waals surface area (Å²) >= 11 is 0. The van der Waals surface area contributed by atoms with Crippen LogP contribution in [0.4, 0.5) is 0 Å². The standard InChI is InChI=1S/C22H23NO5S/c24-21(22(25)26)20-11-5-9-18-17(8-4-10-19(18)20)12-14-23-29(27,28)15-13-16-6-2-1-3-7-16/h1-3,5-7,9,11,13,15,17,23H,4,8,10,12,14H2,(H,25,26). The summed E-state index contributed by atoms with van der Waals surface area (Å²) in [6.07, 6.45) is 4.49. The van der Waals surface area contributed by atoms with Crippen molar-refractivity contribution < 1.29 is 23.1 Å². The van der Waals surface area contributed by atoms with Gasteiger partial charge in [-0.3, -0.25) is 4.79 Å². The molecule has 0 radical (unpaired) electrons. The van der Waals surface area contributed by atoms with Gasteiger partial charge in [-0.25, -0.2) is 17.9 Å². The van der Waals surface area contributed by atoms with Crippen LogP contribution >= 0.6 is 0 Å². The first-order valence-electron chi connectivity index (χ1n) is 9.49. The van der Waals surface area contributed by atoms with Crippen LogP contribution in [0.25, 0.3) is 6.08 Å². The maximum atomic E-state index is 12.2. The quantitative estimate of drug-likeness (QED) is 0.511. The van der Waals surface area contributed by atoms with Gasteiger partial charge >= 0.3 is 5.97 Å². The van der Waals surface area contributed by atoms with E-state index in [2.05, 4.69) is 4.72 Å². The highest BCUT2D eigenvalue weighted by atomic mass is 32.2. The summed E-state index contributed by atoms with van der Waals surface area (Å²) in [4.78, 5) is 23.0. The van der Waals surface area contributed by atoms with Crippen molar-refractivity contribution in [1.29, 1.82) is 0 Å². The molecule has 3 rings (SSSR count). The minimum absolute atomic E-state index is 0.0843. The Morgan fingerprint density at radius 2 is 1.86 bits per heavy atom. The molecule has 2 N–H and O–H groups in total. The maximum absolute atomic E-state index is 12.2. The zero-order chi connectivity index (χ0) is 20.9. The van der Waals surface area contributed by atoms with Gasteiger partial charge in [0, 0.05) is 17.5 Å². The second kappa shape index (κ2) is 9.15. The van der Waals surface area contributed by atoms with Crippen LogP contribution in [0.1, 0.15) is 52.2 Å². The van der Waals surface area contributed by atoms with Gasteiger partial charge in [-0.2, -0.15) is 0 Å². The first kappa shape index (κ1) is 21.0. The van der Waals surface area contributed by atoms with E-state index in [1.165, 1.54) is 0 Å². The van der Waals surface area contributed by atoms with Crippen molar-refractivity contribution in [2.45, 2.75) is 31.6 Å². The van der Waals surface area contributed by atoms with Crippen molar-refractivity contribution in [2.75, 3.05) is 6.54 Å². The minimum atomic E-state index is -3.55. The van der Waals surface area contributed by atoms with Crippen molar-refractivity contribution in [3.63, 3.8) is 0 Å². The number of carbonyl (C=O) groups is 2. The van der Waals surface area contributed by atoms with Crippen molar-refractivity contribution in [3.05, 3.63) is 76.2 Å². The van der Waals surface area contributed by atoms with Gasteiger partial charge in [-0.15, -0.1) is 0 Å². The Balaban J connectivity index is 1.66. The van der Waals surface area contributed by atoms with Gasteiger partial charge < -0.3 is 5.11 Å². The lowest BCUT2D eigenvalue weighted by atomic mass is 9.78. The highest BCUT2D eigenvalue weighted by Crippen LogP contribution is 2.35. The summed E-state index contributed by atoms with van der Waals surface area (Å²) in [6, 6.07) is 14.3. The molecular formula is C22H23NO5S. The fourth-order valence-corrected chi connectivity index (χ4v) is 4.57. The van der Waals surface area contributed by atoms with E-state index in [4.69, 9.17) is 5.11 Å². The number of rotatable bonds is 8. The van der Waals surface area contributed by atoms with Crippen LogP contribution in [0.2, 0.25) is 0 Å². The Kier molecular flexibility index (Phi) is 6.61. The van der Waals surface area contributed by atoms with E-state index in [1.54, 1.807) is 18.2 Å². The number of fused-ring (bicyclic) bond motifs is 1. The predicted octanol–water partition coefficient (Wildman–Crippen LogP) is 3.35. The van der Waals surface area contributed by atoms with E-state index < -0.39 is 21.8 Å². The smallest absolute Gasteiger partial charge is 0.377 e. The monoisotopic (exact) mass is 413 g/mol. The molecule has 1 aliphatic rings. The third-order valence-corrected chi connectivity index (χ3v) is 6.21. The summed E-state index contributed by atoms with van der Waals surface area (Å²) in [5, 5.41) is 10.2. The summed E-state index contributed by atoms with van der Waals surface area (Å²) in [6.45, 7) is 0.267. The lowest BCUT2D eigenvalue weighted by Crippen LogP contribution is -2.25. The average molecular weight is 413 g/mol. The van der Waals surface area contributed by atoms with E-state index in [0.29, 0.717) is 12.8 Å². The van der Waals surface area contributed by atoms with Crippen molar-refractivity contribution >= 4 is 27.9 Å². The number of carbonyl (C=O) groups excluding carboxylic acids is 1. The lowest BCUT2D eigenvalue weighted by molar-refractivity contribution is -0.131. The first-order valence-corrected chi connectivity index (χ1v) is 11.0. The van der Waals surface area contributed by atoms with Gasteiger partial charge in [0.05, 0.1) is 0 Å². The molecule has 0 spiro atoms. The van der Waals surface area contributed by atoms with E-state index in [0.717, 1.165) is 34.9 Å². The maximum Gasteiger partial charge on any atom is 0.377 e. The Morgan fingerprint density at radius 3 is 2.59 bits per heavy atom. The number of Topliss-reactive ketones (excluding diaryl/α,β-unsaturated/α-hetero) is 1. The molecular weight excluding hydrogens is 390 g/mol. The Bertz CT molecular complexity index is 1030. The van der Waals surface area contributed by atoms with Gasteiger partial charge in [0.2, 0.25) is 10.0 Å². The normalized spacial score (nSPS) is 16.5. The number of carboxylic acids is 1. The van der Waals surface area contributed by atoms with Crippen LogP contribution in [-0.2, 0) is 21.2 Å². The molecule has 152 valence electrons. The molecule has 1 atom stereocenters. The molecule has 1 unspecified atom stereocenters. The molecule has 0 heterocycles. The molecule has 1 aliphatic carbocycles. The molecule has 7 heteroatoms. The zero-order valence-corrected chi connectivity index (χ0v) is 16.7. The van der Waals surface area contributed by atoms with Crippen molar-refractivity contribution in [2.24, 2.45) is 0 Å². The number of hydrogen-bond acceptors (Lipinski definition) is 4. The molecule has 0 saturated heterocycles. The van der Waals surface area contributed by atoms with Crippen LogP contribution in [-0.4, -0.2) is 31.8 Å². The average Bonchev–Trinajstić information content (AvgIpc) is 2.72. The molecule has 0 fully saturated rings. The molecule has 29 heavy (non-hydrogen) atoms. The largest absolute Gasteiger partial charge is 0.475 e. The predicted molar refractivity (Wildman–Crippen MR) is 111 cm³/mol. The number of ketones is 1. The second-order valence-electron chi connectivity index (χ2n) is 7.04. The van der Waals surface area contributed by atoms with Crippen LogP contribution in [0, 0.1) is 0 Å². The van der Waals surface area contributed by atoms with E-state index in [1.807, 2.05) is 36.4 Å². The number of sulfonamides is 1.